The maximum atomic E-state index is 13.1. The molecule has 7 heteroatoms. The first-order valence-electron chi connectivity index (χ1n) is 11.7. The Balaban J connectivity index is 1.40. The highest BCUT2D eigenvalue weighted by molar-refractivity contribution is 9.10. The Morgan fingerprint density at radius 2 is 1.67 bits per heavy atom. The molecule has 1 aliphatic heterocycles. The van der Waals surface area contributed by atoms with Gasteiger partial charge in [0, 0.05) is 10.0 Å². The fraction of sp³-hybridized carbons (Fsp3) is 0.241. The fourth-order valence-corrected chi connectivity index (χ4v) is 5.29. The van der Waals surface area contributed by atoms with Crippen LogP contribution in [0.3, 0.4) is 0 Å². The summed E-state index contributed by atoms with van der Waals surface area (Å²) in [7, 11) is 0. The Morgan fingerprint density at radius 3 is 2.36 bits per heavy atom. The average molecular weight is 583 g/mol. The van der Waals surface area contributed by atoms with Crippen LogP contribution >= 0.6 is 39.9 Å². The molecule has 4 nitrogen and oxygen atoms in total. The number of hydrogen-bond donors (Lipinski definition) is 0. The number of carbonyl (C=O) groups is 1. The van der Waals surface area contributed by atoms with Gasteiger partial charge in [0.2, 0.25) is 0 Å². The van der Waals surface area contributed by atoms with Crippen molar-refractivity contribution in [2.45, 2.75) is 32.7 Å². The molecule has 0 bridgehead atoms. The monoisotopic (exact) mass is 581 g/mol. The van der Waals surface area contributed by atoms with Crippen LogP contribution in [-0.2, 0) is 16.8 Å². The summed E-state index contributed by atoms with van der Waals surface area (Å²) in [4.78, 5) is 15.3. The van der Waals surface area contributed by atoms with Gasteiger partial charge in [-0.2, -0.15) is 0 Å². The number of nitrogens with zero attached hydrogens (tertiary/aromatic N) is 1. The number of rotatable bonds is 8. The molecular formula is C29H28BrNO3S2. The molecule has 1 amide bonds. The summed E-state index contributed by atoms with van der Waals surface area (Å²) in [5.41, 5.74) is 3.21. The number of amides is 1. The minimum absolute atomic E-state index is 0.0955. The van der Waals surface area contributed by atoms with Crippen molar-refractivity contribution in [3.05, 3.63) is 98.9 Å². The number of thiocarbonyl (C=S) groups is 1. The van der Waals surface area contributed by atoms with Gasteiger partial charge in [-0.3, -0.25) is 9.69 Å². The van der Waals surface area contributed by atoms with Crippen molar-refractivity contribution >= 4 is 56.2 Å². The van der Waals surface area contributed by atoms with Gasteiger partial charge < -0.3 is 9.47 Å². The minimum Gasteiger partial charge on any atom is -0.490 e. The molecule has 0 aliphatic carbocycles. The van der Waals surface area contributed by atoms with E-state index < -0.39 is 0 Å². The Labute approximate surface area is 230 Å². The second-order valence-corrected chi connectivity index (χ2v) is 12.0. The van der Waals surface area contributed by atoms with Crippen LogP contribution in [0.25, 0.3) is 6.08 Å². The summed E-state index contributed by atoms with van der Waals surface area (Å²) in [6.45, 7) is 7.80. The van der Waals surface area contributed by atoms with Crippen LogP contribution in [0, 0.1) is 0 Å². The first kappa shape index (κ1) is 26.5. The summed E-state index contributed by atoms with van der Waals surface area (Å²) in [6.07, 6.45) is 1.84. The van der Waals surface area contributed by atoms with Crippen LogP contribution in [0.15, 0.2) is 82.2 Å². The van der Waals surface area contributed by atoms with Gasteiger partial charge in [-0.05, 0) is 52.9 Å². The van der Waals surface area contributed by atoms with E-state index in [0.29, 0.717) is 34.7 Å². The van der Waals surface area contributed by atoms with Crippen molar-refractivity contribution in [3.63, 3.8) is 0 Å². The lowest BCUT2D eigenvalue weighted by atomic mass is 9.87. The van der Waals surface area contributed by atoms with Crippen LogP contribution in [0.1, 0.15) is 37.5 Å². The van der Waals surface area contributed by atoms with E-state index in [-0.39, 0.29) is 11.3 Å². The van der Waals surface area contributed by atoms with Gasteiger partial charge in [-0.1, -0.05) is 103 Å². The molecule has 1 saturated heterocycles. The van der Waals surface area contributed by atoms with Crippen LogP contribution in [-0.4, -0.2) is 28.3 Å². The van der Waals surface area contributed by atoms with Crippen molar-refractivity contribution in [1.82, 2.24) is 4.90 Å². The Bertz CT molecular complexity index is 1270. The number of carbonyl (C=O) groups excluding carboxylic acids is 1. The molecular weight excluding hydrogens is 554 g/mol. The van der Waals surface area contributed by atoms with E-state index in [4.69, 9.17) is 21.7 Å². The van der Waals surface area contributed by atoms with Crippen LogP contribution in [0.5, 0.6) is 11.5 Å². The summed E-state index contributed by atoms with van der Waals surface area (Å²) < 4.78 is 13.3. The van der Waals surface area contributed by atoms with Crippen molar-refractivity contribution < 1.29 is 14.3 Å². The molecule has 1 fully saturated rings. The molecule has 0 atom stereocenters. The van der Waals surface area contributed by atoms with Crippen LogP contribution < -0.4 is 9.47 Å². The van der Waals surface area contributed by atoms with Crippen molar-refractivity contribution in [1.29, 1.82) is 0 Å². The van der Waals surface area contributed by atoms with Gasteiger partial charge in [-0.15, -0.1) is 0 Å². The van der Waals surface area contributed by atoms with E-state index in [2.05, 4.69) is 48.8 Å². The predicted octanol–water partition coefficient (Wildman–Crippen LogP) is 7.61. The van der Waals surface area contributed by atoms with E-state index in [1.165, 1.54) is 17.3 Å². The second kappa shape index (κ2) is 11.6. The Kier molecular flexibility index (Phi) is 8.54. The molecule has 4 rings (SSSR count). The van der Waals surface area contributed by atoms with Gasteiger partial charge in [-0.25, -0.2) is 0 Å². The number of halogens is 1. The van der Waals surface area contributed by atoms with Crippen LogP contribution in [0.4, 0.5) is 0 Å². The maximum Gasteiger partial charge on any atom is 0.266 e. The highest BCUT2D eigenvalue weighted by Crippen LogP contribution is 2.36. The number of hydrogen-bond acceptors (Lipinski definition) is 5. The summed E-state index contributed by atoms with van der Waals surface area (Å²) in [5.74, 6) is 1.39. The summed E-state index contributed by atoms with van der Waals surface area (Å²) in [5, 5.41) is 0. The van der Waals surface area contributed by atoms with E-state index in [0.717, 1.165) is 21.3 Å². The molecule has 36 heavy (non-hydrogen) atoms. The smallest absolute Gasteiger partial charge is 0.266 e. The Hall–Kier alpha value is -2.61. The zero-order chi connectivity index (χ0) is 25.7. The Morgan fingerprint density at radius 1 is 0.972 bits per heavy atom. The van der Waals surface area contributed by atoms with E-state index in [1.54, 1.807) is 4.90 Å². The number of thioether (sulfide) groups is 1. The van der Waals surface area contributed by atoms with Gasteiger partial charge in [0.15, 0.2) is 0 Å². The lowest BCUT2D eigenvalue weighted by Crippen LogP contribution is -2.27. The second-order valence-electron chi connectivity index (χ2n) is 9.41. The van der Waals surface area contributed by atoms with Crippen molar-refractivity contribution in [2.24, 2.45) is 0 Å². The molecule has 3 aromatic carbocycles. The number of ether oxygens (including phenoxy) is 2. The SMILES string of the molecule is CC(C)(C)c1ccc(OCCOc2ccc(Br)cc2/C=C2\SC(=S)N(Cc3ccccc3)C2=O)cc1. The zero-order valence-corrected chi connectivity index (χ0v) is 23.7. The van der Waals surface area contributed by atoms with E-state index >= 15 is 0 Å². The third-order valence-electron chi connectivity index (χ3n) is 5.65. The zero-order valence-electron chi connectivity index (χ0n) is 20.5. The predicted molar refractivity (Wildman–Crippen MR) is 155 cm³/mol. The molecule has 3 aromatic rings. The highest BCUT2D eigenvalue weighted by Gasteiger charge is 2.32. The first-order chi connectivity index (χ1) is 17.2. The van der Waals surface area contributed by atoms with Crippen molar-refractivity contribution in [3.8, 4) is 11.5 Å². The third-order valence-corrected chi connectivity index (χ3v) is 7.52. The molecule has 0 aromatic heterocycles. The minimum atomic E-state index is -0.0955. The molecule has 0 N–H and O–H groups in total. The van der Waals surface area contributed by atoms with Gasteiger partial charge >= 0.3 is 0 Å². The lowest BCUT2D eigenvalue weighted by Gasteiger charge is -2.19. The van der Waals surface area contributed by atoms with E-state index in [1.807, 2.05) is 66.7 Å². The quantitative estimate of drug-likeness (QED) is 0.155. The highest BCUT2D eigenvalue weighted by atomic mass is 79.9. The van der Waals surface area contributed by atoms with Gasteiger partial charge in [0.1, 0.15) is 29.0 Å². The molecule has 0 spiro atoms. The van der Waals surface area contributed by atoms with Gasteiger partial charge in [0.25, 0.3) is 5.91 Å². The number of benzene rings is 3. The molecule has 1 aliphatic rings. The molecule has 0 unspecified atom stereocenters. The summed E-state index contributed by atoms with van der Waals surface area (Å²) in [6, 6.07) is 23.8. The third kappa shape index (κ3) is 6.78. The van der Waals surface area contributed by atoms with Gasteiger partial charge in [0.05, 0.1) is 11.4 Å². The molecule has 0 radical (unpaired) electrons. The first-order valence-corrected chi connectivity index (χ1v) is 13.7. The fourth-order valence-electron chi connectivity index (χ4n) is 3.67. The maximum absolute atomic E-state index is 13.1. The molecule has 1 heterocycles. The standard InChI is InChI=1S/C29H28BrNO3S2/c1-29(2,3)22-9-12-24(13-10-22)33-15-16-34-25-14-11-23(30)17-21(25)18-26-27(32)31(28(35)36-26)19-20-7-5-4-6-8-20/h4-14,17-18H,15-16,19H2,1-3H3/b26-18-. The van der Waals surface area contributed by atoms with Crippen molar-refractivity contribution in [2.75, 3.05) is 13.2 Å². The molecule has 186 valence electrons. The largest absolute Gasteiger partial charge is 0.490 e. The topological polar surface area (TPSA) is 38.8 Å². The average Bonchev–Trinajstić information content (AvgIpc) is 3.10. The van der Waals surface area contributed by atoms with E-state index in [9.17, 15) is 4.79 Å². The normalized spacial score (nSPS) is 15.0. The summed E-state index contributed by atoms with van der Waals surface area (Å²) >= 11 is 10.3. The lowest BCUT2D eigenvalue weighted by molar-refractivity contribution is -0.122. The molecule has 0 saturated carbocycles. The van der Waals surface area contributed by atoms with Crippen LogP contribution in [0.2, 0.25) is 0 Å².